The Bertz CT molecular complexity index is 706. The van der Waals surface area contributed by atoms with Crippen LogP contribution in [0.4, 0.5) is 11.4 Å². The maximum absolute atomic E-state index is 12.5. The molecule has 1 amide bonds. The first-order valence-corrected chi connectivity index (χ1v) is 8.23. The Morgan fingerprint density at radius 3 is 2.70 bits per heavy atom. The summed E-state index contributed by atoms with van der Waals surface area (Å²) in [6.45, 7) is 4.00. The van der Waals surface area contributed by atoms with E-state index in [1.165, 1.54) is 25.7 Å². The molecule has 23 heavy (non-hydrogen) atoms. The first-order chi connectivity index (χ1) is 11.1. The van der Waals surface area contributed by atoms with Crippen molar-refractivity contribution >= 4 is 17.3 Å². The van der Waals surface area contributed by atoms with Crippen LogP contribution in [0.2, 0.25) is 0 Å². The topological polar surface area (TPSA) is 54.0 Å². The van der Waals surface area contributed by atoms with E-state index in [-0.39, 0.29) is 5.91 Å². The number of amides is 1. The Morgan fingerprint density at radius 2 is 1.91 bits per heavy atom. The summed E-state index contributed by atoms with van der Waals surface area (Å²) in [5, 5.41) is 6.46. The molecule has 1 aliphatic rings. The van der Waals surface area contributed by atoms with Crippen molar-refractivity contribution in [3.8, 4) is 0 Å². The molecule has 2 aromatic rings. The number of carbonyl (C=O) groups is 1. The number of aryl methyl sites for hydroxylation is 2. The number of pyridine rings is 1. The van der Waals surface area contributed by atoms with Gasteiger partial charge in [0.15, 0.2) is 0 Å². The minimum absolute atomic E-state index is 0.172. The minimum Gasteiger partial charge on any atom is -0.382 e. The standard InChI is InChI=1S/C19H23N3O/c1-13-7-8-14(2)17(11-13)22-19(23)18-12-16(9-10-20-18)21-15-5-3-4-6-15/h7-12,15H,3-6H2,1-2H3,(H,20,21)(H,22,23). The van der Waals surface area contributed by atoms with E-state index in [0.29, 0.717) is 11.7 Å². The second kappa shape index (κ2) is 6.82. The summed E-state index contributed by atoms with van der Waals surface area (Å²) in [6, 6.07) is 10.3. The molecule has 0 unspecified atom stereocenters. The molecule has 4 nitrogen and oxygen atoms in total. The third-order valence-electron chi connectivity index (χ3n) is 4.36. The molecule has 1 aromatic heterocycles. The van der Waals surface area contributed by atoms with E-state index in [1.54, 1.807) is 6.20 Å². The van der Waals surface area contributed by atoms with Crippen molar-refractivity contribution in [1.82, 2.24) is 4.98 Å². The van der Waals surface area contributed by atoms with E-state index in [2.05, 4.69) is 15.6 Å². The molecule has 3 rings (SSSR count). The van der Waals surface area contributed by atoms with Gasteiger partial charge < -0.3 is 10.6 Å². The van der Waals surface area contributed by atoms with Crippen LogP contribution >= 0.6 is 0 Å². The molecule has 0 radical (unpaired) electrons. The molecule has 2 N–H and O–H groups in total. The van der Waals surface area contributed by atoms with Crippen LogP contribution in [0.3, 0.4) is 0 Å². The molecule has 1 saturated carbocycles. The van der Waals surface area contributed by atoms with Crippen LogP contribution in [0.1, 0.15) is 47.3 Å². The lowest BCUT2D eigenvalue weighted by Crippen LogP contribution is -2.17. The summed E-state index contributed by atoms with van der Waals surface area (Å²) in [7, 11) is 0. The first-order valence-electron chi connectivity index (χ1n) is 8.23. The Morgan fingerprint density at radius 1 is 1.13 bits per heavy atom. The molecule has 1 aromatic carbocycles. The van der Waals surface area contributed by atoms with Gasteiger partial charge in [0.25, 0.3) is 5.91 Å². The fraction of sp³-hybridized carbons (Fsp3) is 0.368. The molecule has 0 spiro atoms. The predicted octanol–water partition coefficient (Wildman–Crippen LogP) is 4.31. The summed E-state index contributed by atoms with van der Waals surface area (Å²) in [4.78, 5) is 16.7. The number of carbonyl (C=O) groups excluding carboxylic acids is 1. The van der Waals surface area contributed by atoms with Gasteiger partial charge in [0.05, 0.1) is 0 Å². The van der Waals surface area contributed by atoms with Gasteiger partial charge in [-0.05, 0) is 56.0 Å². The van der Waals surface area contributed by atoms with E-state index >= 15 is 0 Å². The number of aromatic nitrogens is 1. The van der Waals surface area contributed by atoms with Crippen molar-refractivity contribution in [1.29, 1.82) is 0 Å². The number of nitrogens with one attached hydrogen (secondary N) is 2. The van der Waals surface area contributed by atoms with E-state index in [4.69, 9.17) is 0 Å². The summed E-state index contributed by atoms with van der Waals surface area (Å²) < 4.78 is 0. The van der Waals surface area contributed by atoms with Crippen LogP contribution in [0.15, 0.2) is 36.5 Å². The van der Waals surface area contributed by atoms with Crippen molar-refractivity contribution in [2.45, 2.75) is 45.6 Å². The van der Waals surface area contributed by atoms with Gasteiger partial charge in [-0.25, -0.2) is 0 Å². The van der Waals surface area contributed by atoms with Gasteiger partial charge in [0.2, 0.25) is 0 Å². The largest absolute Gasteiger partial charge is 0.382 e. The highest BCUT2D eigenvalue weighted by molar-refractivity contribution is 6.03. The monoisotopic (exact) mass is 309 g/mol. The van der Waals surface area contributed by atoms with Gasteiger partial charge in [-0.3, -0.25) is 9.78 Å². The molecule has 120 valence electrons. The second-order valence-electron chi connectivity index (χ2n) is 6.33. The van der Waals surface area contributed by atoms with E-state index < -0.39 is 0 Å². The van der Waals surface area contributed by atoms with Crippen molar-refractivity contribution in [2.75, 3.05) is 10.6 Å². The lowest BCUT2D eigenvalue weighted by molar-refractivity contribution is 0.102. The van der Waals surface area contributed by atoms with Crippen molar-refractivity contribution in [3.63, 3.8) is 0 Å². The van der Waals surface area contributed by atoms with Crippen molar-refractivity contribution in [3.05, 3.63) is 53.3 Å². The summed E-state index contributed by atoms with van der Waals surface area (Å²) in [5.41, 5.74) is 4.41. The smallest absolute Gasteiger partial charge is 0.274 e. The minimum atomic E-state index is -0.172. The van der Waals surface area contributed by atoms with E-state index in [1.807, 2.05) is 44.2 Å². The number of rotatable bonds is 4. The molecular weight excluding hydrogens is 286 g/mol. The van der Waals surface area contributed by atoms with Crippen LogP contribution in [0.5, 0.6) is 0 Å². The fourth-order valence-electron chi connectivity index (χ4n) is 3.01. The highest BCUT2D eigenvalue weighted by Crippen LogP contribution is 2.23. The van der Waals surface area contributed by atoms with Crippen LogP contribution < -0.4 is 10.6 Å². The number of hydrogen-bond donors (Lipinski definition) is 2. The normalized spacial score (nSPS) is 14.7. The highest BCUT2D eigenvalue weighted by atomic mass is 16.1. The van der Waals surface area contributed by atoms with Gasteiger partial charge in [-0.1, -0.05) is 25.0 Å². The highest BCUT2D eigenvalue weighted by Gasteiger charge is 2.15. The Balaban J connectivity index is 1.72. The number of hydrogen-bond acceptors (Lipinski definition) is 3. The lowest BCUT2D eigenvalue weighted by Gasteiger charge is -2.14. The second-order valence-corrected chi connectivity index (χ2v) is 6.33. The van der Waals surface area contributed by atoms with Gasteiger partial charge in [0.1, 0.15) is 5.69 Å². The summed E-state index contributed by atoms with van der Waals surface area (Å²) in [5.74, 6) is -0.172. The molecule has 4 heteroatoms. The van der Waals surface area contributed by atoms with Crippen LogP contribution in [-0.4, -0.2) is 16.9 Å². The summed E-state index contributed by atoms with van der Waals surface area (Å²) in [6.07, 6.45) is 6.65. The first kappa shape index (κ1) is 15.5. The molecule has 1 heterocycles. The fourth-order valence-corrected chi connectivity index (χ4v) is 3.01. The number of nitrogens with zero attached hydrogens (tertiary/aromatic N) is 1. The molecule has 1 fully saturated rings. The average molecular weight is 309 g/mol. The maximum atomic E-state index is 12.5. The molecular formula is C19H23N3O. The number of anilines is 2. The zero-order valence-electron chi connectivity index (χ0n) is 13.7. The zero-order chi connectivity index (χ0) is 16.2. The van der Waals surface area contributed by atoms with Gasteiger partial charge in [0, 0.05) is 23.6 Å². The van der Waals surface area contributed by atoms with E-state index in [9.17, 15) is 4.79 Å². The number of benzene rings is 1. The zero-order valence-corrected chi connectivity index (χ0v) is 13.7. The molecule has 0 bridgehead atoms. The third kappa shape index (κ3) is 3.89. The Labute approximate surface area is 137 Å². The predicted molar refractivity (Wildman–Crippen MR) is 94.0 cm³/mol. The molecule has 0 saturated heterocycles. The van der Waals surface area contributed by atoms with Gasteiger partial charge >= 0.3 is 0 Å². The van der Waals surface area contributed by atoms with Crippen LogP contribution in [-0.2, 0) is 0 Å². The lowest BCUT2D eigenvalue weighted by atomic mass is 10.1. The molecule has 1 aliphatic carbocycles. The average Bonchev–Trinajstić information content (AvgIpc) is 3.04. The van der Waals surface area contributed by atoms with E-state index in [0.717, 1.165) is 22.5 Å². The molecule has 0 aliphatic heterocycles. The summed E-state index contributed by atoms with van der Waals surface area (Å²) >= 11 is 0. The third-order valence-corrected chi connectivity index (χ3v) is 4.36. The van der Waals surface area contributed by atoms with Crippen molar-refractivity contribution in [2.24, 2.45) is 0 Å². The van der Waals surface area contributed by atoms with Crippen molar-refractivity contribution < 1.29 is 4.79 Å². The van der Waals surface area contributed by atoms with Crippen LogP contribution in [0, 0.1) is 13.8 Å². The Kier molecular flexibility index (Phi) is 4.60. The Hall–Kier alpha value is -2.36. The van der Waals surface area contributed by atoms with Gasteiger partial charge in [-0.15, -0.1) is 0 Å². The van der Waals surface area contributed by atoms with Crippen LogP contribution in [0.25, 0.3) is 0 Å². The quantitative estimate of drug-likeness (QED) is 0.885. The van der Waals surface area contributed by atoms with Gasteiger partial charge in [-0.2, -0.15) is 0 Å². The maximum Gasteiger partial charge on any atom is 0.274 e. The molecule has 0 atom stereocenters. The SMILES string of the molecule is Cc1ccc(C)c(NC(=O)c2cc(NC3CCCC3)ccn2)c1.